The number of esters is 1. The molecule has 0 aliphatic carbocycles. The Kier molecular flexibility index (Phi) is 5.81. The number of halogens is 2. The monoisotopic (exact) mass is 438 g/mol. The van der Waals surface area contributed by atoms with Gasteiger partial charge in [-0.15, -0.1) is 0 Å². The lowest BCUT2D eigenvalue weighted by Crippen LogP contribution is -2.22. The van der Waals surface area contributed by atoms with E-state index >= 15 is 0 Å². The molecular weight excluding hydrogens is 422 g/mol. The zero-order valence-corrected chi connectivity index (χ0v) is 17.2. The lowest BCUT2D eigenvalue weighted by Gasteiger charge is -2.14. The first-order valence-electron chi connectivity index (χ1n) is 9.25. The summed E-state index contributed by atoms with van der Waals surface area (Å²) in [7, 11) is 1.31. The third-order valence-corrected chi connectivity index (χ3v) is 5.65. The maximum atomic E-state index is 14.5. The predicted octanol–water partition coefficient (Wildman–Crippen LogP) is 4.74. The van der Waals surface area contributed by atoms with Gasteiger partial charge in [-0.25, -0.2) is 18.6 Å². The number of benzene rings is 3. The van der Waals surface area contributed by atoms with Crippen LogP contribution in [0.3, 0.4) is 0 Å². The smallest absolute Gasteiger partial charge is 0.337 e. The molecule has 0 spiro atoms. The summed E-state index contributed by atoms with van der Waals surface area (Å²) in [6.45, 7) is 0. The van der Waals surface area contributed by atoms with Crippen LogP contribution in [0.15, 0.2) is 76.7 Å². The summed E-state index contributed by atoms with van der Waals surface area (Å²) in [5.74, 6) is -1.61. The van der Waals surface area contributed by atoms with Crippen LogP contribution in [0.4, 0.5) is 8.78 Å². The summed E-state index contributed by atoms with van der Waals surface area (Å²) in [6.07, 6.45) is 0. The van der Waals surface area contributed by atoms with Gasteiger partial charge in [0.25, 0.3) is 5.56 Å². The molecule has 156 valence electrons. The van der Waals surface area contributed by atoms with Gasteiger partial charge in [-0.1, -0.05) is 36.0 Å². The van der Waals surface area contributed by atoms with Crippen LogP contribution in [0.1, 0.15) is 15.9 Å². The molecular formula is C23H16F2N2O3S. The van der Waals surface area contributed by atoms with Gasteiger partial charge in [0.1, 0.15) is 11.6 Å². The highest BCUT2D eigenvalue weighted by atomic mass is 32.2. The van der Waals surface area contributed by atoms with E-state index in [-0.39, 0.29) is 10.8 Å². The topological polar surface area (TPSA) is 61.2 Å². The average Bonchev–Trinajstić information content (AvgIpc) is 2.78. The van der Waals surface area contributed by atoms with E-state index in [2.05, 4.69) is 9.72 Å². The van der Waals surface area contributed by atoms with E-state index in [4.69, 9.17) is 0 Å². The van der Waals surface area contributed by atoms with Crippen LogP contribution in [-0.4, -0.2) is 22.6 Å². The Labute approximate surface area is 180 Å². The molecule has 4 rings (SSSR count). The fraction of sp³-hybridized carbons (Fsp3) is 0.0870. The van der Waals surface area contributed by atoms with Crippen LogP contribution < -0.4 is 5.56 Å². The number of para-hydroxylation sites is 1. The van der Waals surface area contributed by atoms with Crippen LogP contribution in [-0.2, 0) is 10.5 Å². The van der Waals surface area contributed by atoms with Gasteiger partial charge in [0, 0.05) is 11.8 Å². The number of rotatable bonds is 5. The highest BCUT2D eigenvalue weighted by molar-refractivity contribution is 7.98. The van der Waals surface area contributed by atoms with Crippen molar-refractivity contribution in [3.05, 3.63) is 99.8 Å². The number of ether oxygens (including phenoxy) is 1. The fourth-order valence-corrected chi connectivity index (χ4v) is 4.05. The summed E-state index contributed by atoms with van der Waals surface area (Å²) in [5.41, 5.74) is 1.25. The molecule has 31 heavy (non-hydrogen) atoms. The van der Waals surface area contributed by atoms with E-state index in [0.717, 1.165) is 22.3 Å². The SMILES string of the molecule is COC(=O)c1ccc(CSc2nc3ccccc3c(=O)n2-c2ccc(F)cc2F)cc1. The maximum absolute atomic E-state index is 14.5. The minimum atomic E-state index is -0.858. The molecule has 0 amide bonds. The molecule has 0 saturated heterocycles. The molecule has 8 heteroatoms. The van der Waals surface area contributed by atoms with E-state index in [1.165, 1.54) is 24.9 Å². The van der Waals surface area contributed by atoms with Gasteiger partial charge in [-0.05, 0) is 42.0 Å². The molecule has 0 saturated carbocycles. The van der Waals surface area contributed by atoms with Crippen molar-refractivity contribution in [3.8, 4) is 5.69 Å². The third-order valence-electron chi connectivity index (χ3n) is 4.64. The Morgan fingerprint density at radius 2 is 1.81 bits per heavy atom. The van der Waals surface area contributed by atoms with Crippen molar-refractivity contribution in [1.29, 1.82) is 0 Å². The molecule has 1 heterocycles. The van der Waals surface area contributed by atoms with Gasteiger partial charge < -0.3 is 4.74 Å². The Morgan fingerprint density at radius 1 is 1.06 bits per heavy atom. The molecule has 0 aliphatic heterocycles. The van der Waals surface area contributed by atoms with Crippen molar-refractivity contribution in [2.75, 3.05) is 7.11 Å². The van der Waals surface area contributed by atoms with E-state index in [0.29, 0.717) is 22.2 Å². The number of hydrogen-bond donors (Lipinski definition) is 0. The zero-order chi connectivity index (χ0) is 22.0. The van der Waals surface area contributed by atoms with Crippen molar-refractivity contribution in [3.63, 3.8) is 0 Å². The summed E-state index contributed by atoms with van der Waals surface area (Å²) < 4.78 is 33.8. The molecule has 3 aromatic carbocycles. The molecule has 0 atom stereocenters. The maximum Gasteiger partial charge on any atom is 0.337 e. The Hall–Kier alpha value is -3.52. The van der Waals surface area contributed by atoms with Gasteiger partial charge in [0.2, 0.25) is 0 Å². The molecule has 4 aromatic rings. The van der Waals surface area contributed by atoms with Crippen LogP contribution in [0.2, 0.25) is 0 Å². The minimum Gasteiger partial charge on any atom is -0.465 e. The molecule has 0 N–H and O–H groups in total. The van der Waals surface area contributed by atoms with Gasteiger partial charge >= 0.3 is 5.97 Å². The Bertz CT molecular complexity index is 1340. The van der Waals surface area contributed by atoms with Crippen molar-refractivity contribution in [2.24, 2.45) is 0 Å². The second-order valence-corrected chi connectivity index (χ2v) is 7.57. The molecule has 5 nitrogen and oxygen atoms in total. The van der Waals surface area contributed by atoms with Crippen LogP contribution in [0.25, 0.3) is 16.6 Å². The number of aromatic nitrogens is 2. The lowest BCUT2D eigenvalue weighted by atomic mass is 10.1. The first-order chi connectivity index (χ1) is 15.0. The van der Waals surface area contributed by atoms with Crippen molar-refractivity contribution >= 4 is 28.6 Å². The number of thioether (sulfide) groups is 1. The van der Waals surface area contributed by atoms with Gasteiger partial charge in [-0.2, -0.15) is 0 Å². The number of carbonyl (C=O) groups is 1. The Morgan fingerprint density at radius 3 is 2.52 bits per heavy atom. The first kappa shape index (κ1) is 20.7. The number of hydrogen-bond acceptors (Lipinski definition) is 5. The molecule has 0 unspecified atom stereocenters. The molecule has 0 bridgehead atoms. The number of methoxy groups -OCH3 is 1. The fourth-order valence-electron chi connectivity index (χ4n) is 3.09. The quantitative estimate of drug-likeness (QED) is 0.256. The third kappa shape index (κ3) is 4.20. The van der Waals surface area contributed by atoms with Crippen molar-refractivity contribution < 1.29 is 18.3 Å². The van der Waals surface area contributed by atoms with E-state index in [1.807, 2.05) is 0 Å². The number of carbonyl (C=O) groups excluding carboxylic acids is 1. The van der Waals surface area contributed by atoms with E-state index < -0.39 is 23.2 Å². The summed E-state index contributed by atoms with van der Waals surface area (Å²) in [5, 5.41) is 0.601. The zero-order valence-electron chi connectivity index (χ0n) is 16.3. The summed E-state index contributed by atoms with van der Waals surface area (Å²) in [6, 6.07) is 16.6. The minimum absolute atomic E-state index is 0.0757. The molecule has 1 aromatic heterocycles. The molecule has 0 fully saturated rings. The number of nitrogens with zero attached hydrogens (tertiary/aromatic N) is 2. The van der Waals surface area contributed by atoms with Crippen LogP contribution in [0.5, 0.6) is 0 Å². The average molecular weight is 438 g/mol. The normalized spacial score (nSPS) is 10.9. The highest BCUT2D eigenvalue weighted by Crippen LogP contribution is 2.26. The first-order valence-corrected chi connectivity index (χ1v) is 10.2. The molecule has 0 radical (unpaired) electrons. The van der Waals surface area contributed by atoms with Crippen LogP contribution in [0, 0.1) is 11.6 Å². The van der Waals surface area contributed by atoms with E-state index in [9.17, 15) is 18.4 Å². The lowest BCUT2D eigenvalue weighted by molar-refractivity contribution is 0.0600. The summed E-state index contributed by atoms with van der Waals surface area (Å²) >= 11 is 1.23. The predicted molar refractivity (Wildman–Crippen MR) is 115 cm³/mol. The van der Waals surface area contributed by atoms with E-state index in [1.54, 1.807) is 48.5 Å². The van der Waals surface area contributed by atoms with Crippen molar-refractivity contribution in [1.82, 2.24) is 9.55 Å². The van der Waals surface area contributed by atoms with Crippen LogP contribution >= 0.6 is 11.8 Å². The second-order valence-electron chi connectivity index (χ2n) is 6.63. The Balaban J connectivity index is 1.76. The van der Waals surface area contributed by atoms with Crippen molar-refractivity contribution in [2.45, 2.75) is 10.9 Å². The largest absolute Gasteiger partial charge is 0.465 e. The second kappa shape index (κ2) is 8.69. The molecule has 0 aliphatic rings. The van der Waals surface area contributed by atoms with Gasteiger partial charge in [-0.3, -0.25) is 9.36 Å². The van der Waals surface area contributed by atoms with Gasteiger partial charge in [0.05, 0.1) is 29.3 Å². The van der Waals surface area contributed by atoms with Gasteiger partial charge in [0.15, 0.2) is 5.16 Å². The number of fused-ring (bicyclic) bond motifs is 1. The standard InChI is InChI=1S/C23H16F2N2O3S/c1-30-22(29)15-8-6-14(7-9-15)13-31-23-26-19-5-3-2-4-17(19)21(28)27(23)20-11-10-16(24)12-18(20)25/h2-12H,13H2,1H3. The summed E-state index contributed by atoms with van der Waals surface area (Å²) in [4.78, 5) is 29.3. The highest BCUT2D eigenvalue weighted by Gasteiger charge is 2.17.